The molecule has 7 nitrogen and oxygen atoms in total. The molecule has 0 aromatic carbocycles. The molecule has 108 valence electrons. The van der Waals surface area contributed by atoms with Gasteiger partial charge >= 0.3 is 12.1 Å². The minimum Gasteiger partial charge on any atom is -0.476 e. The molecule has 2 heterocycles. The summed E-state index contributed by atoms with van der Waals surface area (Å²) >= 11 is 0. The lowest BCUT2D eigenvalue weighted by Crippen LogP contribution is -2.33. The van der Waals surface area contributed by atoms with Gasteiger partial charge in [0.1, 0.15) is 11.4 Å². The van der Waals surface area contributed by atoms with Gasteiger partial charge < -0.3 is 9.84 Å². The van der Waals surface area contributed by atoms with Crippen molar-refractivity contribution in [1.29, 1.82) is 0 Å². The zero-order chi connectivity index (χ0) is 15.1. The van der Waals surface area contributed by atoms with Crippen molar-refractivity contribution < 1.29 is 19.4 Å². The first kappa shape index (κ1) is 14.2. The summed E-state index contributed by atoms with van der Waals surface area (Å²) in [4.78, 5) is 32.7. The van der Waals surface area contributed by atoms with Gasteiger partial charge in [0.15, 0.2) is 5.69 Å². The molecule has 0 saturated heterocycles. The van der Waals surface area contributed by atoms with E-state index in [0.29, 0.717) is 17.1 Å². The molecule has 1 N–H and O–H groups in total. The summed E-state index contributed by atoms with van der Waals surface area (Å²) in [5.41, 5.74) is 0.413. The fraction of sp³-hybridized carbons (Fsp3) is 0.538. The highest BCUT2D eigenvalue weighted by Crippen LogP contribution is 2.25. The molecule has 0 saturated carbocycles. The number of rotatable bonds is 1. The molecule has 2 rings (SSSR count). The second-order valence-electron chi connectivity index (χ2n) is 5.69. The fourth-order valence-electron chi connectivity index (χ4n) is 2.01. The molecule has 1 aromatic rings. The third-order valence-electron chi connectivity index (χ3n) is 2.75. The van der Waals surface area contributed by atoms with Crippen molar-refractivity contribution in [3.63, 3.8) is 0 Å². The van der Waals surface area contributed by atoms with Crippen LogP contribution >= 0.6 is 0 Å². The Morgan fingerprint density at radius 3 is 2.45 bits per heavy atom. The van der Waals surface area contributed by atoms with E-state index in [2.05, 4.69) is 9.97 Å². The van der Waals surface area contributed by atoms with Crippen molar-refractivity contribution in [2.45, 2.75) is 46.4 Å². The number of aromatic nitrogens is 2. The molecule has 0 bridgehead atoms. The number of aryl methyl sites for hydroxylation is 1. The zero-order valence-electron chi connectivity index (χ0n) is 11.9. The van der Waals surface area contributed by atoms with Crippen molar-refractivity contribution in [3.8, 4) is 0 Å². The minimum absolute atomic E-state index is 0.0430. The number of carboxylic acid groups (broad SMARTS) is 1. The van der Waals surface area contributed by atoms with Gasteiger partial charge in [-0.05, 0) is 27.7 Å². The second kappa shape index (κ2) is 4.73. The number of fused-ring (bicyclic) bond motifs is 1. The maximum atomic E-state index is 12.0. The lowest BCUT2D eigenvalue weighted by Gasteiger charge is -2.23. The van der Waals surface area contributed by atoms with E-state index >= 15 is 0 Å². The molecule has 20 heavy (non-hydrogen) atoms. The molecule has 1 aromatic heterocycles. The Labute approximate surface area is 116 Å². The molecule has 0 aliphatic carbocycles. The minimum atomic E-state index is -1.11. The van der Waals surface area contributed by atoms with Crippen LogP contribution in [0.4, 0.5) is 4.79 Å². The van der Waals surface area contributed by atoms with Crippen LogP contribution in [0.1, 0.15) is 48.3 Å². The number of aromatic carboxylic acids is 1. The molecule has 7 heteroatoms. The van der Waals surface area contributed by atoms with Crippen molar-refractivity contribution in [2.24, 2.45) is 0 Å². The SMILES string of the molecule is Cc1nc2c(c(C(=O)O)n1)CN(C(=O)OC(C)(C)C)C2. The van der Waals surface area contributed by atoms with Gasteiger partial charge in [-0.3, -0.25) is 4.90 Å². The van der Waals surface area contributed by atoms with Crippen LogP contribution in [-0.4, -0.2) is 37.6 Å². The molecular weight excluding hydrogens is 262 g/mol. The van der Waals surface area contributed by atoms with Crippen molar-refractivity contribution in [1.82, 2.24) is 14.9 Å². The molecule has 1 amide bonds. The van der Waals surface area contributed by atoms with Crippen LogP contribution in [0.5, 0.6) is 0 Å². The van der Waals surface area contributed by atoms with E-state index in [1.807, 2.05) is 0 Å². The quantitative estimate of drug-likeness (QED) is 0.841. The first-order valence-corrected chi connectivity index (χ1v) is 6.25. The van der Waals surface area contributed by atoms with Crippen LogP contribution in [0.15, 0.2) is 0 Å². The maximum Gasteiger partial charge on any atom is 0.410 e. The highest BCUT2D eigenvalue weighted by Gasteiger charge is 2.32. The van der Waals surface area contributed by atoms with Gasteiger partial charge in [-0.25, -0.2) is 19.6 Å². The van der Waals surface area contributed by atoms with Gasteiger partial charge in [-0.2, -0.15) is 0 Å². The number of hydrogen-bond acceptors (Lipinski definition) is 5. The van der Waals surface area contributed by atoms with Crippen LogP contribution in [0.3, 0.4) is 0 Å². The first-order valence-electron chi connectivity index (χ1n) is 6.25. The fourth-order valence-corrected chi connectivity index (χ4v) is 2.01. The Hall–Kier alpha value is -2.18. The van der Waals surface area contributed by atoms with Crippen molar-refractivity contribution in [2.75, 3.05) is 0 Å². The van der Waals surface area contributed by atoms with Crippen LogP contribution < -0.4 is 0 Å². The van der Waals surface area contributed by atoms with Crippen LogP contribution in [0.25, 0.3) is 0 Å². The predicted molar refractivity (Wildman–Crippen MR) is 69.2 cm³/mol. The topological polar surface area (TPSA) is 92.6 Å². The summed E-state index contributed by atoms with van der Waals surface area (Å²) in [5.74, 6) is -0.732. The van der Waals surface area contributed by atoms with E-state index in [9.17, 15) is 9.59 Å². The Morgan fingerprint density at radius 2 is 1.90 bits per heavy atom. The number of carbonyl (C=O) groups is 2. The predicted octanol–water partition coefficient (Wildman–Crippen LogP) is 1.73. The molecule has 0 fully saturated rings. The normalized spacial score (nSPS) is 14.1. The smallest absolute Gasteiger partial charge is 0.410 e. The Kier molecular flexibility index (Phi) is 3.37. The number of hydrogen-bond donors (Lipinski definition) is 1. The van der Waals surface area contributed by atoms with Crippen LogP contribution in [0, 0.1) is 6.92 Å². The Balaban J connectivity index is 2.25. The Morgan fingerprint density at radius 1 is 1.25 bits per heavy atom. The average molecular weight is 279 g/mol. The number of ether oxygens (including phenoxy) is 1. The summed E-state index contributed by atoms with van der Waals surface area (Å²) in [6.07, 6.45) is -0.482. The third-order valence-corrected chi connectivity index (χ3v) is 2.75. The number of nitrogens with zero attached hydrogens (tertiary/aromatic N) is 3. The van der Waals surface area contributed by atoms with Crippen molar-refractivity contribution >= 4 is 12.1 Å². The molecule has 0 unspecified atom stereocenters. The molecule has 1 aliphatic rings. The summed E-state index contributed by atoms with van der Waals surface area (Å²) in [5, 5.41) is 9.16. The highest BCUT2D eigenvalue weighted by molar-refractivity contribution is 5.87. The van der Waals surface area contributed by atoms with Gasteiger partial charge in [0.25, 0.3) is 0 Å². The molecule has 0 radical (unpaired) electrons. The molecular formula is C13H17N3O4. The first-order chi connectivity index (χ1) is 9.17. The van der Waals surface area contributed by atoms with Gasteiger partial charge in [0.05, 0.1) is 18.8 Å². The number of amides is 1. The third kappa shape index (κ3) is 2.87. The van der Waals surface area contributed by atoms with Crippen LogP contribution in [0.2, 0.25) is 0 Å². The molecule has 0 atom stereocenters. The van der Waals surface area contributed by atoms with E-state index in [4.69, 9.17) is 9.84 Å². The van der Waals surface area contributed by atoms with Gasteiger partial charge in [-0.1, -0.05) is 0 Å². The summed E-state index contributed by atoms with van der Waals surface area (Å²) in [7, 11) is 0. The summed E-state index contributed by atoms with van der Waals surface area (Å²) in [6, 6.07) is 0. The van der Waals surface area contributed by atoms with Gasteiger partial charge in [0.2, 0.25) is 0 Å². The standard InChI is InChI=1S/C13H17N3O4/c1-7-14-9-6-16(12(19)20-13(2,3)4)5-8(9)10(15-7)11(17)18/h5-6H2,1-4H3,(H,17,18). The Bertz CT molecular complexity index is 578. The number of carboxylic acids is 1. The molecule has 1 aliphatic heterocycles. The van der Waals surface area contributed by atoms with E-state index in [0.717, 1.165) is 0 Å². The summed E-state index contributed by atoms with van der Waals surface area (Å²) in [6.45, 7) is 7.37. The highest BCUT2D eigenvalue weighted by atomic mass is 16.6. The zero-order valence-corrected chi connectivity index (χ0v) is 11.9. The van der Waals surface area contributed by atoms with Crippen molar-refractivity contribution in [3.05, 3.63) is 22.8 Å². The van der Waals surface area contributed by atoms with Crippen LogP contribution in [-0.2, 0) is 17.8 Å². The average Bonchev–Trinajstić information content (AvgIpc) is 2.68. The molecule has 0 spiro atoms. The monoisotopic (exact) mass is 279 g/mol. The lowest BCUT2D eigenvalue weighted by atomic mass is 10.2. The lowest BCUT2D eigenvalue weighted by molar-refractivity contribution is 0.0239. The van der Waals surface area contributed by atoms with E-state index in [1.165, 1.54) is 4.90 Å². The largest absolute Gasteiger partial charge is 0.476 e. The second-order valence-corrected chi connectivity index (χ2v) is 5.69. The maximum absolute atomic E-state index is 12.0. The number of carbonyl (C=O) groups excluding carboxylic acids is 1. The van der Waals surface area contributed by atoms with E-state index in [-0.39, 0.29) is 18.8 Å². The summed E-state index contributed by atoms with van der Waals surface area (Å²) < 4.78 is 5.27. The van der Waals surface area contributed by atoms with Gasteiger partial charge in [0, 0.05) is 5.56 Å². The van der Waals surface area contributed by atoms with E-state index < -0.39 is 17.7 Å². The van der Waals surface area contributed by atoms with Gasteiger partial charge in [-0.15, -0.1) is 0 Å². The van der Waals surface area contributed by atoms with E-state index in [1.54, 1.807) is 27.7 Å².